The Bertz CT molecular complexity index is 558. The maximum absolute atomic E-state index is 12.0. The van der Waals surface area contributed by atoms with Crippen molar-refractivity contribution in [1.29, 1.82) is 0 Å². The highest BCUT2D eigenvalue weighted by atomic mass is 16.5. The average molecular weight is 316 g/mol. The molecule has 0 saturated carbocycles. The van der Waals surface area contributed by atoms with Crippen LogP contribution < -0.4 is 10.1 Å². The van der Waals surface area contributed by atoms with Crippen LogP contribution in [0.1, 0.15) is 50.2 Å². The van der Waals surface area contributed by atoms with E-state index in [0.29, 0.717) is 18.5 Å². The van der Waals surface area contributed by atoms with Gasteiger partial charge >= 0.3 is 0 Å². The molecule has 2 heterocycles. The minimum Gasteiger partial charge on any atom is -0.493 e. The summed E-state index contributed by atoms with van der Waals surface area (Å²) in [6.07, 6.45) is 4.32. The zero-order chi connectivity index (χ0) is 16.2. The molecule has 4 heteroatoms. The van der Waals surface area contributed by atoms with E-state index < -0.39 is 0 Å². The van der Waals surface area contributed by atoms with Gasteiger partial charge < -0.3 is 10.1 Å². The summed E-state index contributed by atoms with van der Waals surface area (Å²) in [5.74, 6) is 1.74. The van der Waals surface area contributed by atoms with Gasteiger partial charge in [-0.1, -0.05) is 25.5 Å². The number of hydrogen-bond acceptors (Lipinski definition) is 3. The molecule has 0 spiro atoms. The van der Waals surface area contributed by atoms with Gasteiger partial charge in [0.15, 0.2) is 0 Å². The molecule has 23 heavy (non-hydrogen) atoms. The van der Waals surface area contributed by atoms with Gasteiger partial charge in [0.1, 0.15) is 5.75 Å². The van der Waals surface area contributed by atoms with Gasteiger partial charge in [-0.15, -0.1) is 0 Å². The molecule has 3 rings (SSSR count). The quantitative estimate of drug-likeness (QED) is 0.821. The number of ether oxygens (including phenoxy) is 1. The summed E-state index contributed by atoms with van der Waals surface area (Å²) in [6.45, 7) is 7.48. The third-order valence-corrected chi connectivity index (χ3v) is 5.09. The molecule has 0 bridgehead atoms. The lowest BCUT2D eigenvalue weighted by Gasteiger charge is -2.20. The van der Waals surface area contributed by atoms with E-state index in [1.165, 1.54) is 11.1 Å². The molecule has 0 aromatic heterocycles. The van der Waals surface area contributed by atoms with E-state index in [0.717, 1.165) is 51.1 Å². The number of unbranched alkanes of at least 4 members (excludes halogenated alkanes) is 1. The van der Waals surface area contributed by atoms with Crippen LogP contribution in [-0.4, -0.2) is 43.1 Å². The molecule has 0 radical (unpaired) electrons. The zero-order valence-corrected chi connectivity index (χ0v) is 14.3. The zero-order valence-electron chi connectivity index (χ0n) is 14.3. The summed E-state index contributed by atoms with van der Waals surface area (Å²) >= 11 is 0. The Kier molecular flexibility index (Phi) is 5.21. The Balaban J connectivity index is 1.57. The van der Waals surface area contributed by atoms with Gasteiger partial charge in [-0.05, 0) is 42.9 Å². The van der Waals surface area contributed by atoms with E-state index in [9.17, 15) is 4.79 Å². The molecule has 1 aromatic carbocycles. The third kappa shape index (κ3) is 3.86. The van der Waals surface area contributed by atoms with E-state index in [-0.39, 0.29) is 5.91 Å². The molecule has 0 aliphatic carbocycles. The second kappa shape index (κ2) is 7.35. The molecule has 1 amide bonds. The van der Waals surface area contributed by atoms with E-state index in [1.54, 1.807) is 0 Å². The molecular weight excluding hydrogens is 288 g/mol. The SMILES string of the molecule is CCCCNC(=O)CN1CC(c2ccc3c(c2)CCO3)CC1C. The summed E-state index contributed by atoms with van der Waals surface area (Å²) in [5.41, 5.74) is 2.74. The lowest BCUT2D eigenvalue weighted by molar-refractivity contribution is -0.122. The monoisotopic (exact) mass is 316 g/mol. The lowest BCUT2D eigenvalue weighted by Crippen LogP contribution is -2.39. The number of carbonyl (C=O) groups is 1. The predicted octanol–water partition coefficient (Wildman–Crippen LogP) is 2.72. The topological polar surface area (TPSA) is 41.6 Å². The summed E-state index contributed by atoms with van der Waals surface area (Å²) in [7, 11) is 0. The first-order valence-corrected chi connectivity index (χ1v) is 8.93. The average Bonchev–Trinajstić information content (AvgIpc) is 3.14. The van der Waals surface area contributed by atoms with Gasteiger partial charge in [0, 0.05) is 25.6 Å². The summed E-state index contributed by atoms with van der Waals surface area (Å²) in [4.78, 5) is 14.4. The first-order valence-electron chi connectivity index (χ1n) is 8.93. The van der Waals surface area contributed by atoms with Crippen molar-refractivity contribution in [2.45, 2.75) is 51.5 Å². The van der Waals surface area contributed by atoms with Crippen molar-refractivity contribution in [3.63, 3.8) is 0 Å². The molecular formula is C19H28N2O2. The number of nitrogens with one attached hydrogen (secondary N) is 1. The van der Waals surface area contributed by atoms with Crippen LogP contribution in [0.4, 0.5) is 0 Å². The van der Waals surface area contributed by atoms with Crippen molar-refractivity contribution in [2.75, 3.05) is 26.2 Å². The molecule has 4 nitrogen and oxygen atoms in total. The fourth-order valence-electron chi connectivity index (χ4n) is 3.67. The number of benzene rings is 1. The number of likely N-dealkylation sites (tertiary alicyclic amines) is 1. The van der Waals surface area contributed by atoms with Gasteiger partial charge in [0.25, 0.3) is 0 Å². The standard InChI is InChI=1S/C19H28N2O2/c1-3-4-8-20-19(22)13-21-12-17(10-14(21)2)15-5-6-18-16(11-15)7-9-23-18/h5-6,11,14,17H,3-4,7-10,12-13H2,1-2H3,(H,20,22). The second-order valence-corrected chi connectivity index (χ2v) is 6.88. The lowest BCUT2D eigenvalue weighted by atomic mass is 9.94. The molecule has 1 aromatic rings. The Labute approximate surface area is 139 Å². The van der Waals surface area contributed by atoms with Crippen molar-refractivity contribution < 1.29 is 9.53 Å². The predicted molar refractivity (Wildman–Crippen MR) is 92.0 cm³/mol. The Morgan fingerprint density at radius 3 is 3.13 bits per heavy atom. The maximum Gasteiger partial charge on any atom is 0.234 e. The number of carbonyl (C=O) groups excluding carboxylic acids is 1. The number of fused-ring (bicyclic) bond motifs is 1. The minimum absolute atomic E-state index is 0.160. The third-order valence-electron chi connectivity index (χ3n) is 5.09. The maximum atomic E-state index is 12.0. The van der Waals surface area contributed by atoms with E-state index >= 15 is 0 Å². The molecule has 1 saturated heterocycles. The fourth-order valence-corrected chi connectivity index (χ4v) is 3.67. The normalized spacial score (nSPS) is 23.6. The Hall–Kier alpha value is -1.55. The largest absolute Gasteiger partial charge is 0.493 e. The van der Waals surface area contributed by atoms with Crippen LogP contribution in [0.25, 0.3) is 0 Å². The van der Waals surface area contributed by atoms with Crippen LogP contribution in [0.15, 0.2) is 18.2 Å². The number of rotatable bonds is 6. The van der Waals surface area contributed by atoms with Gasteiger partial charge in [-0.2, -0.15) is 0 Å². The summed E-state index contributed by atoms with van der Waals surface area (Å²) in [6, 6.07) is 7.08. The van der Waals surface area contributed by atoms with Gasteiger partial charge in [-0.25, -0.2) is 0 Å². The van der Waals surface area contributed by atoms with Crippen molar-refractivity contribution in [3.8, 4) is 5.75 Å². The summed E-state index contributed by atoms with van der Waals surface area (Å²) in [5, 5.41) is 3.02. The second-order valence-electron chi connectivity index (χ2n) is 6.88. The highest BCUT2D eigenvalue weighted by Crippen LogP contribution is 2.35. The first-order chi connectivity index (χ1) is 11.2. The van der Waals surface area contributed by atoms with Crippen LogP contribution in [0, 0.1) is 0 Å². The first kappa shape index (κ1) is 16.3. The van der Waals surface area contributed by atoms with E-state index in [4.69, 9.17) is 4.74 Å². The van der Waals surface area contributed by atoms with Crippen LogP contribution >= 0.6 is 0 Å². The smallest absolute Gasteiger partial charge is 0.234 e. The van der Waals surface area contributed by atoms with Gasteiger partial charge in [0.2, 0.25) is 5.91 Å². The van der Waals surface area contributed by atoms with E-state index in [1.807, 2.05) is 0 Å². The van der Waals surface area contributed by atoms with Crippen molar-refractivity contribution in [2.24, 2.45) is 0 Å². The number of nitrogens with zero attached hydrogens (tertiary/aromatic N) is 1. The van der Waals surface area contributed by atoms with Crippen LogP contribution in [0.3, 0.4) is 0 Å². The molecule has 1 N–H and O–H groups in total. The van der Waals surface area contributed by atoms with Crippen LogP contribution in [0.2, 0.25) is 0 Å². The number of hydrogen-bond donors (Lipinski definition) is 1. The highest BCUT2D eigenvalue weighted by Gasteiger charge is 2.31. The molecule has 1 fully saturated rings. The fraction of sp³-hybridized carbons (Fsp3) is 0.632. The van der Waals surface area contributed by atoms with Crippen LogP contribution in [0.5, 0.6) is 5.75 Å². The molecule has 2 aliphatic rings. The van der Waals surface area contributed by atoms with Crippen molar-refractivity contribution in [3.05, 3.63) is 29.3 Å². The molecule has 2 atom stereocenters. The van der Waals surface area contributed by atoms with Crippen molar-refractivity contribution in [1.82, 2.24) is 10.2 Å². The van der Waals surface area contributed by atoms with E-state index in [2.05, 4.69) is 42.3 Å². The molecule has 2 aliphatic heterocycles. The minimum atomic E-state index is 0.160. The Morgan fingerprint density at radius 1 is 1.43 bits per heavy atom. The summed E-state index contributed by atoms with van der Waals surface area (Å²) < 4.78 is 5.59. The molecule has 2 unspecified atom stereocenters. The van der Waals surface area contributed by atoms with Gasteiger partial charge in [-0.3, -0.25) is 9.69 Å². The Morgan fingerprint density at radius 2 is 2.30 bits per heavy atom. The molecule has 126 valence electrons. The highest BCUT2D eigenvalue weighted by molar-refractivity contribution is 5.78. The number of amides is 1. The van der Waals surface area contributed by atoms with Gasteiger partial charge in [0.05, 0.1) is 13.2 Å². The van der Waals surface area contributed by atoms with Crippen molar-refractivity contribution >= 4 is 5.91 Å². The van der Waals surface area contributed by atoms with Crippen LogP contribution in [-0.2, 0) is 11.2 Å².